The van der Waals surface area contributed by atoms with Crippen molar-refractivity contribution in [1.29, 1.82) is 0 Å². The molecule has 2 saturated carbocycles. The van der Waals surface area contributed by atoms with Crippen LogP contribution in [0.15, 0.2) is 30.4 Å². The summed E-state index contributed by atoms with van der Waals surface area (Å²) in [7, 11) is 0. The quantitative estimate of drug-likeness (QED) is 0.740. The lowest BCUT2D eigenvalue weighted by Gasteiger charge is -2.43. The molecule has 1 saturated heterocycles. The van der Waals surface area contributed by atoms with Gasteiger partial charge < -0.3 is 9.80 Å². The van der Waals surface area contributed by atoms with E-state index in [4.69, 9.17) is 0 Å². The average molecular weight is 353 g/mol. The number of carbonyl (C=O) groups excluding carboxylic acids is 1. The fourth-order valence-electron chi connectivity index (χ4n) is 5.65. The Hall–Kier alpha value is -1.77. The second-order valence-electron chi connectivity index (χ2n) is 9.22. The number of amides is 1. The Balaban J connectivity index is 1.48. The number of aryl methyl sites for hydroxylation is 1. The van der Waals surface area contributed by atoms with Crippen molar-refractivity contribution in [2.24, 2.45) is 16.7 Å². The fourth-order valence-corrected chi connectivity index (χ4v) is 5.65. The van der Waals surface area contributed by atoms with Crippen molar-refractivity contribution in [2.75, 3.05) is 31.1 Å². The van der Waals surface area contributed by atoms with Gasteiger partial charge in [0.2, 0.25) is 5.91 Å². The molecule has 0 N–H and O–H groups in total. The van der Waals surface area contributed by atoms with Gasteiger partial charge >= 0.3 is 0 Å². The summed E-state index contributed by atoms with van der Waals surface area (Å²) >= 11 is 0. The first-order valence-corrected chi connectivity index (χ1v) is 10.1. The molecule has 2 atom stereocenters. The van der Waals surface area contributed by atoms with Gasteiger partial charge in [-0.3, -0.25) is 4.79 Å². The predicted molar refractivity (Wildman–Crippen MR) is 107 cm³/mol. The maximum Gasteiger partial charge on any atom is 0.233 e. The Morgan fingerprint density at radius 2 is 1.85 bits per heavy atom. The fraction of sp³-hybridized carbons (Fsp3) is 0.609. The highest BCUT2D eigenvalue weighted by Crippen LogP contribution is 2.65. The molecule has 2 bridgehead atoms. The van der Waals surface area contributed by atoms with E-state index in [0.717, 1.165) is 39.0 Å². The van der Waals surface area contributed by atoms with Crippen molar-refractivity contribution in [2.45, 2.75) is 47.0 Å². The number of anilines is 1. The minimum Gasteiger partial charge on any atom is -0.368 e. The molecule has 1 heterocycles. The molecule has 0 spiro atoms. The van der Waals surface area contributed by atoms with E-state index in [1.807, 2.05) is 0 Å². The van der Waals surface area contributed by atoms with E-state index >= 15 is 0 Å². The molecule has 0 radical (unpaired) electrons. The second-order valence-corrected chi connectivity index (χ2v) is 9.22. The minimum atomic E-state index is -0.268. The SMILES string of the molecule is C=C1C(C)(C)[C@@H]2CC[C@]1(C(=O)N1CCN(c3cccc(C)c3C)CC1)C2. The lowest BCUT2D eigenvalue weighted by Crippen LogP contribution is -2.53. The molecule has 3 heteroatoms. The van der Waals surface area contributed by atoms with Crippen molar-refractivity contribution in [1.82, 2.24) is 4.90 Å². The van der Waals surface area contributed by atoms with E-state index < -0.39 is 0 Å². The van der Waals surface area contributed by atoms with E-state index in [-0.39, 0.29) is 10.8 Å². The first-order chi connectivity index (χ1) is 12.3. The van der Waals surface area contributed by atoms with Crippen molar-refractivity contribution in [3.63, 3.8) is 0 Å². The maximum absolute atomic E-state index is 13.5. The number of hydrogen-bond donors (Lipinski definition) is 0. The standard InChI is InChI=1S/C23H32N2O/c1-16-7-6-8-20(17(16)2)24-11-13-25(14-12-24)21(26)23-10-9-19(15-23)22(4,5)18(23)3/h6-8,19H,3,9-15H2,1-2,4-5H3/t19-,23+/m1/s1. The van der Waals surface area contributed by atoms with Crippen LogP contribution >= 0.6 is 0 Å². The summed E-state index contributed by atoms with van der Waals surface area (Å²) < 4.78 is 0. The molecule has 0 unspecified atom stereocenters. The van der Waals surface area contributed by atoms with Crippen LogP contribution in [0.25, 0.3) is 0 Å². The highest BCUT2D eigenvalue weighted by Gasteiger charge is 2.61. The number of hydrogen-bond acceptors (Lipinski definition) is 2. The summed E-state index contributed by atoms with van der Waals surface area (Å²) in [6.45, 7) is 16.8. The van der Waals surface area contributed by atoms with Crippen LogP contribution in [0, 0.1) is 30.6 Å². The molecular weight excluding hydrogens is 320 g/mol. The lowest BCUT2D eigenvalue weighted by molar-refractivity contribution is -0.140. The number of rotatable bonds is 2. The first kappa shape index (κ1) is 17.6. The molecule has 140 valence electrons. The minimum absolute atomic E-state index is 0.119. The van der Waals surface area contributed by atoms with Crippen LogP contribution in [0.1, 0.15) is 44.2 Å². The molecule has 4 rings (SSSR count). The van der Waals surface area contributed by atoms with Gasteiger partial charge in [-0.1, -0.05) is 38.1 Å². The van der Waals surface area contributed by atoms with Gasteiger partial charge in [-0.2, -0.15) is 0 Å². The van der Waals surface area contributed by atoms with Gasteiger partial charge in [0.1, 0.15) is 0 Å². The van der Waals surface area contributed by atoms with Crippen molar-refractivity contribution in [3.05, 3.63) is 41.5 Å². The van der Waals surface area contributed by atoms with Gasteiger partial charge in [-0.25, -0.2) is 0 Å². The van der Waals surface area contributed by atoms with Crippen LogP contribution in [0.5, 0.6) is 0 Å². The molecule has 1 aromatic rings. The molecule has 1 aliphatic heterocycles. The highest BCUT2D eigenvalue weighted by atomic mass is 16.2. The smallest absolute Gasteiger partial charge is 0.233 e. The summed E-state index contributed by atoms with van der Waals surface area (Å²) in [5, 5.41) is 0. The first-order valence-electron chi connectivity index (χ1n) is 10.1. The molecule has 1 amide bonds. The summed E-state index contributed by atoms with van der Waals surface area (Å²) in [5.74, 6) is 0.992. The molecule has 3 nitrogen and oxygen atoms in total. The zero-order valence-corrected chi connectivity index (χ0v) is 16.8. The van der Waals surface area contributed by atoms with E-state index in [1.54, 1.807) is 0 Å². The zero-order valence-electron chi connectivity index (χ0n) is 16.8. The monoisotopic (exact) mass is 352 g/mol. The van der Waals surface area contributed by atoms with Crippen LogP contribution in [-0.4, -0.2) is 37.0 Å². The van der Waals surface area contributed by atoms with E-state index in [2.05, 4.69) is 62.3 Å². The number of piperazine rings is 1. The van der Waals surface area contributed by atoms with E-state index in [0.29, 0.717) is 11.8 Å². The van der Waals surface area contributed by atoms with Crippen LogP contribution in [-0.2, 0) is 4.79 Å². The third kappa shape index (κ3) is 2.35. The zero-order chi connectivity index (χ0) is 18.7. The van der Waals surface area contributed by atoms with Gasteiger partial charge in [-0.05, 0) is 61.6 Å². The van der Waals surface area contributed by atoms with Gasteiger partial charge in [0.05, 0.1) is 5.41 Å². The average Bonchev–Trinajstić information content (AvgIpc) is 3.16. The molecule has 3 aliphatic rings. The Labute approximate surface area is 158 Å². The number of fused-ring (bicyclic) bond motifs is 2. The molecule has 1 aromatic carbocycles. The summed E-state index contributed by atoms with van der Waals surface area (Å²) in [5.41, 5.74) is 5.06. The lowest BCUT2D eigenvalue weighted by atomic mass is 9.68. The van der Waals surface area contributed by atoms with Gasteiger partial charge in [-0.15, -0.1) is 0 Å². The Bertz CT molecular complexity index is 757. The van der Waals surface area contributed by atoms with E-state index in [9.17, 15) is 4.79 Å². The van der Waals surface area contributed by atoms with Crippen LogP contribution < -0.4 is 4.90 Å². The third-order valence-electron chi connectivity index (χ3n) is 7.78. The van der Waals surface area contributed by atoms with Crippen molar-refractivity contribution in [3.8, 4) is 0 Å². The highest BCUT2D eigenvalue weighted by molar-refractivity contribution is 5.88. The van der Waals surface area contributed by atoms with Gasteiger partial charge in [0.25, 0.3) is 0 Å². The Morgan fingerprint density at radius 3 is 2.46 bits per heavy atom. The number of nitrogens with zero attached hydrogens (tertiary/aromatic N) is 2. The molecule has 26 heavy (non-hydrogen) atoms. The summed E-state index contributed by atoms with van der Waals surface area (Å²) in [6.07, 6.45) is 3.21. The van der Waals surface area contributed by atoms with Gasteiger partial charge in [0, 0.05) is 31.9 Å². The van der Waals surface area contributed by atoms with Crippen LogP contribution in [0.4, 0.5) is 5.69 Å². The number of benzene rings is 1. The second kappa shape index (κ2) is 5.87. The third-order valence-corrected chi connectivity index (χ3v) is 7.78. The molecule has 3 fully saturated rings. The van der Waals surface area contributed by atoms with Crippen LogP contribution in [0.3, 0.4) is 0 Å². The molecule has 0 aromatic heterocycles. The van der Waals surface area contributed by atoms with Crippen molar-refractivity contribution >= 4 is 11.6 Å². The van der Waals surface area contributed by atoms with E-state index in [1.165, 1.54) is 28.8 Å². The topological polar surface area (TPSA) is 23.6 Å². The summed E-state index contributed by atoms with van der Waals surface area (Å²) in [6, 6.07) is 6.51. The maximum atomic E-state index is 13.5. The van der Waals surface area contributed by atoms with Crippen LogP contribution in [0.2, 0.25) is 0 Å². The molecular formula is C23H32N2O. The number of carbonyl (C=O) groups is 1. The summed E-state index contributed by atoms with van der Waals surface area (Å²) in [4.78, 5) is 18.0. The largest absolute Gasteiger partial charge is 0.368 e. The molecule has 2 aliphatic carbocycles. The normalized spacial score (nSPS) is 30.2. The predicted octanol–water partition coefficient (Wildman–Crippen LogP) is 4.33. The Kier molecular flexibility index (Phi) is 3.98. The van der Waals surface area contributed by atoms with Gasteiger partial charge in [0.15, 0.2) is 0 Å². The Morgan fingerprint density at radius 1 is 1.15 bits per heavy atom. The van der Waals surface area contributed by atoms with Crippen molar-refractivity contribution < 1.29 is 4.79 Å².